The van der Waals surface area contributed by atoms with Crippen LogP contribution in [0.5, 0.6) is 0 Å². The summed E-state index contributed by atoms with van der Waals surface area (Å²) in [6, 6.07) is 4.00. The Kier molecular flexibility index (Phi) is 1.28. The van der Waals surface area contributed by atoms with Crippen molar-refractivity contribution in [2.24, 2.45) is 10.4 Å². The van der Waals surface area contributed by atoms with Gasteiger partial charge in [0.2, 0.25) is 0 Å². The summed E-state index contributed by atoms with van der Waals surface area (Å²) >= 11 is 1.65. The van der Waals surface area contributed by atoms with Crippen LogP contribution in [-0.2, 0) is 0 Å². The van der Waals surface area contributed by atoms with Crippen molar-refractivity contribution in [2.45, 2.75) is 0 Å². The first kappa shape index (κ1) is 5.67. The first-order valence-electron chi connectivity index (χ1n) is 2.91. The molecule has 1 aromatic rings. The summed E-state index contributed by atoms with van der Waals surface area (Å²) in [6.45, 7) is 0.681. The standard InChI is InChI=1S/C5H6N4S/c1-2-5(10-3-1)9-4-6-7-8-9/h1-3H,4H2,(H,6,8). The van der Waals surface area contributed by atoms with E-state index in [1.807, 2.05) is 22.5 Å². The zero-order chi connectivity index (χ0) is 6.81. The highest BCUT2D eigenvalue weighted by molar-refractivity contribution is 7.14. The minimum Gasteiger partial charge on any atom is -0.268 e. The molecule has 0 aromatic carbocycles. The van der Waals surface area contributed by atoms with Gasteiger partial charge in [0, 0.05) is 0 Å². The lowest BCUT2D eigenvalue weighted by atomic mass is 10.6. The summed E-state index contributed by atoms with van der Waals surface area (Å²) in [7, 11) is 0. The highest BCUT2D eigenvalue weighted by Crippen LogP contribution is 2.21. The fourth-order valence-electron chi connectivity index (χ4n) is 0.755. The molecular weight excluding hydrogens is 148 g/mol. The maximum Gasteiger partial charge on any atom is 0.130 e. The Bertz CT molecular complexity index is 230. The second-order valence-corrected chi connectivity index (χ2v) is 2.78. The van der Waals surface area contributed by atoms with Crippen LogP contribution in [0.15, 0.2) is 28.0 Å². The van der Waals surface area contributed by atoms with Gasteiger partial charge in [-0.05, 0) is 22.7 Å². The van der Waals surface area contributed by atoms with Crippen LogP contribution in [0.4, 0.5) is 5.00 Å². The van der Waals surface area contributed by atoms with Gasteiger partial charge < -0.3 is 0 Å². The molecule has 5 heteroatoms. The maximum absolute atomic E-state index is 3.84. The molecule has 0 saturated carbocycles. The molecule has 1 aliphatic rings. The molecule has 2 heterocycles. The maximum atomic E-state index is 3.84. The first-order chi connectivity index (χ1) is 4.97. The number of hydrogen-bond donors (Lipinski definition) is 1. The van der Waals surface area contributed by atoms with Crippen LogP contribution in [0.2, 0.25) is 0 Å². The second-order valence-electron chi connectivity index (χ2n) is 1.86. The Morgan fingerprint density at radius 1 is 1.70 bits per heavy atom. The van der Waals surface area contributed by atoms with Crippen molar-refractivity contribution in [2.75, 3.05) is 11.7 Å². The first-order valence-corrected chi connectivity index (χ1v) is 3.79. The van der Waals surface area contributed by atoms with E-state index in [2.05, 4.69) is 15.9 Å². The fraction of sp³-hybridized carbons (Fsp3) is 0.200. The normalized spacial score (nSPS) is 15.8. The Morgan fingerprint density at radius 3 is 3.30 bits per heavy atom. The zero-order valence-electron chi connectivity index (χ0n) is 5.19. The predicted octanol–water partition coefficient (Wildman–Crippen LogP) is 1.40. The minimum absolute atomic E-state index is 0.681. The lowest BCUT2D eigenvalue weighted by Crippen LogP contribution is -2.18. The van der Waals surface area contributed by atoms with Crippen LogP contribution in [0.3, 0.4) is 0 Å². The van der Waals surface area contributed by atoms with E-state index in [9.17, 15) is 0 Å². The lowest BCUT2D eigenvalue weighted by molar-refractivity contribution is 0.810. The molecule has 0 spiro atoms. The van der Waals surface area contributed by atoms with Gasteiger partial charge in [-0.1, -0.05) is 5.22 Å². The molecule has 0 saturated heterocycles. The van der Waals surface area contributed by atoms with Crippen molar-refractivity contribution in [1.82, 2.24) is 5.43 Å². The van der Waals surface area contributed by atoms with Crippen molar-refractivity contribution in [1.29, 1.82) is 0 Å². The molecular formula is C5H6N4S. The molecule has 1 aliphatic heterocycles. The van der Waals surface area contributed by atoms with E-state index < -0.39 is 0 Å². The van der Waals surface area contributed by atoms with Gasteiger partial charge in [0.05, 0.1) is 0 Å². The van der Waals surface area contributed by atoms with Gasteiger partial charge in [0.1, 0.15) is 11.7 Å². The van der Waals surface area contributed by atoms with Crippen LogP contribution in [0, 0.1) is 0 Å². The van der Waals surface area contributed by atoms with Gasteiger partial charge in [-0.2, -0.15) is 0 Å². The molecule has 0 atom stereocenters. The second kappa shape index (κ2) is 2.26. The van der Waals surface area contributed by atoms with E-state index in [1.54, 1.807) is 11.3 Å². The summed E-state index contributed by atoms with van der Waals surface area (Å²) in [5, 5.41) is 12.4. The Hall–Kier alpha value is -1.10. The van der Waals surface area contributed by atoms with E-state index in [0.717, 1.165) is 5.00 Å². The van der Waals surface area contributed by atoms with Crippen LogP contribution in [0.1, 0.15) is 0 Å². The Labute approximate surface area is 62.1 Å². The number of nitrogens with one attached hydrogen (secondary N) is 1. The number of nitrogens with zero attached hydrogens (tertiary/aromatic N) is 3. The topological polar surface area (TPSA) is 40.0 Å². The summed E-state index contributed by atoms with van der Waals surface area (Å²) in [5.74, 6) is 0. The van der Waals surface area contributed by atoms with Gasteiger partial charge in [0.15, 0.2) is 0 Å². The fourth-order valence-corrected chi connectivity index (χ4v) is 1.43. The predicted molar refractivity (Wildman–Crippen MR) is 39.7 cm³/mol. The highest BCUT2D eigenvalue weighted by Gasteiger charge is 2.08. The number of rotatable bonds is 1. The summed E-state index contributed by atoms with van der Waals surface area (Å²) in [5.41, 5.74) is 2.75. The van der Waals surface area contributed by atoms with Crippen LogP contribution >= 0.6 is 11.3 Å². The van der Waals surface area contributed by atoms with Crippen molar-refractivity contribution in [3.05, 3.63) is 17.5 Å². The van der Waals surface area contributed by atoms with Crippen LogP contribution < -0.4 is 10.4 Å². The Balaban J connectivity index is 2.20. The van der Waals surface area contributed by atoms with Crippen molar-refractivity contribution < 1.29 is 0 Å². The third-order valence-electron chi connectivity index (χ3n) is 1.20. The lowest BCUT2D eigenvalue weighted by Gasteiger charge is -2.05. The number of anilines is 1. The van der Waals surface area contributed by atoms with Crippen molar-refractivity contribution in [3.63, 3.8) is 0 Å². The van der Waals surface area contributed by atoms with E-state index in [4.69, 9.17) is 0 Å². The molecule has 0 fully saturated rings. The van der Waals surface area contributed by atoms with Gasteiger partial charge in [-0.25, -0.2) is 5.01 Å². The summed E-state index contributed by atoms with van der Waals surface area (Å²) in [4.78, 5) is 0. The average molecular weight is 154 g/mol. The molecule has 0 bridgehead atoms. The molecule has 0 radical (unpaired) electrons. The monoisotopic (exact) mass is 154 g/mol. The van der Waals surface area contributed by atoms with Gasteiger partial charge >= 0.3 is 0 Å². The third-order valence-corrected chi connectivity index (χ3v) is 2.09. The Morgan fingerprint density at radius 2 is 2.70 bits per heavy atom. The highest BCUT2D eigenvalue weighted by atomic mass is 32.1. The summed E-state index contributed by atoms with van der Waals surface area (Å²) in [6.07, 6.45) is 0. The smallest absolute Gasteiger partial charge is 0.130 e. The van der Waals surface area contributed by atoms with E-state index in [1.165, 1.54) is 0 Å². The van der Waals surface area contributed by atoms with Crippen molar-refractivity contribution in [3.8, 4) is 0 Å². The zero-order valence-corrected chi connectivity index (χ0v) is 6.01. The summed E-state index contributed by atoms with van der Waals surface area (Å²) < 4.78 is 0. The third kappa shape index (κ3) is 0.841. The molecule has 4 nitrogen and oxygen atoms in total. The molecule has 52 valence electrons. The molecule has 0 aliphatic carbocycles. The quantitative estimate of drug-likeness (QED) is 0.664. The SMILES string of the molecule is c1csc(N2CNN=N2)c1. The molecule has 10 heavy (non-hydrogen) atoms. The molecule has 2 rings (SSSR count). The van der Waals surface area contributed by atoms with E-state index in [0.29, 0.717) is 6.67 Å². The number of thiophene rings is 1. The molecule has 1 N–H and O–H groups in total. The molecule has 1 aromatic heterocycles. The van der Waals surface area contributed by atoms with Gasteiger partial charge in [0.25, 0.3) is 0 Å². The van der Waals surface area contributed by atoms with E-state index >= 15 is 0 Å². The largest absolute Gasteiger partial charge is 0.268 e. The van der Waals surface area contributed by atoms with Crippen LogP contribution in [-0.4, -0.2) is 6.67 Å². The molecule has 0 unspecified atom stereocenters. The molecule has 0 amide bonds. The van der Waals surface area contributed by atoms with Crippen LogP contribution in [0.25, 0.3) is 0 Å². The van der Waals surface area contributed by atoms with Gasteiger partial charge in [-0.3, -0.25) is 5.43 Å². The van der Waals surface area contributed by atoms with Crippen molar-refractivity contribution >= 4 is 16.3 Å². The van der Waals surface area contributed by atoms with E-state index in [-0.39, 0.29) is 0 Å². The minimum atomic E-state index is 0.681. The van der Waals surface area contributed by atoms with Gasteiger partial charge in [-0.15, -0.1) is 11.3 Å². The average Bonchev–Trinajstić information content (AvgIpc) is 2.59. The number of hydrogen-bond acceptors (Lipinski definition) is 5.